The van der Waals surface area contributed by atoms with E-state index >= 15 is 0 Å². The van der Waals surface area contributed by atoms with Gasteiger partial charge in [0.25, 0.3) is 5.91 Å². The molecule has 0 aliphatic heterocycles. The Kier molecular flexibility index (Phi) is 4.78. The third-order valence-electron chi connectivity index (χ3n) is 2.74. The monoisotopic (exact) mass is 277 g/mol. The van der Waals surface area contributed by atoms with Crippen molar-refractivity contribution in [3.63, 3.8) is 0 Å². The second-order valence-corrected chi connectivity index (χ2v) is 4.29. The van der Waals surface area contributed by atoms with E-state index in [1.165, 1.54) is 16.8 Å². The summed E-state index contributed by atoms with van der Waals surface area (Å²) in [5.74, 6) is -0.551. The molecule has 0 bridgehead atoms. The SMILES string of the molecule is NCCn1cc(C(=O)NCCc2ccc(F)cc2)nn1. The zero-order valence-corrected chi connectivity index (χ0v) is 10.9. The van der Waals surface area contributed by atoms with Gasteiger partial charge >= 0.3 is 0 Å². The first-order valence-electron chi connectivity index (χ1n) is 6.32. The Hall–Kier alpha value is -2.28. The number of aromatic nitrogens is 3. The average molecular weight is 277 g/mol. The fourth-order valence-electron chi connectivity index (χ4n) is 1.71. The molecule has 1 aromatic heterocycles. The van der Waals surface area contributed by atoms with E-state index in [0.717, 1.165) is 5.56 Å². The van der Waals surface area contributed by atoms with Crippen LogP contribution in [0.2, 0.25) is 0 Å². The molecule has 1 heterocycles. The number of hydrogen-bond donors (Lipinski definition) is 2. The zero-order valence-electron chi connectivity index (χ0n) is 10.9. The number of nitrogens with one attached hydrogen (secondary N) is 1. The molecule has 2 aromatic rings. The largest absolute Gasteiger partial charge is 0.350 e. The lowest BCUT2D eigenvalue weighted by atomic mass is 10.1. The predicted octanol–water partition coefficient (Wildman–Crippen LogP) is 0.348. The standard InChI is InChI=1S/C13H16FN5O/c14-11-3-1-10(2-4-11)5-7-16-13(20)12-9-19(8-6-15)18-17-12/h1-4,9H,5-8,15H2,(H,16,20). The van der Waals surface area contributed by atoms with Gasteiger partial charge in [0.1, 0.15) is 5.82 Å². The molecule has 106 valence electrons. The van der Waals surface area contributed by atoms with Crippen molar-refractivity contribution >= 4 is 5.91 Å². The van der Waals surface area contributed by atoms with Crippen LogP contribution in [0.15, 0.2) is 30.5 Å². The van der Waals surface area contributed by atoms with Crippen molar-refractivity contribution in [3.05, 3.63) is 47.5 Å². The highest BCUT2D eigenvalue weighted by Gasteiger charge is 2.09. The quantitative estimate of drug-likeness (QED) is 0.797. The summed E-state index contributed by atoms with van der Waals surface area (Å²) in [7, 11) is 0. The van der Waals surface area contributed by atoms with Crippen molar-refractivity contribution in [1.29, 1.82) is 0 Å². The van der Waals surface area contributed by atoms with Gasteiger partial charge in [-0.2, -0.15) is 0 Å². The van der Waals surface area contributed by atoms with E-state index in [2.05, 4.69) is 15.6 Å². The molecule has 0 aliphatic rings. The molecule has 7 heteroatoms. The number of carbonyl (C=O) groups excluding carboxylic acids is 1. The van der Waals surface area contributed by atoms with E-state index in [9.17, 15) is 9.18 Å². The molecule has 0 saturated carbocycles. The molecule has 3 N–H and O–H groups in total. The van der Waals surface area contributed by atoms with Crippen molar-refractivity contribution in [2.24, 2.45) is 5.73 Å². The Labute approximate surface area is 115 Å². The van der Waals surface area contributed by atoms with Gasteiger partial charge in [-0.3, -0.25) is 9.48 Å². The van der Waals surface area contributed by atoms with Gasteiger partial charge in [0, 0.05) is 13.1 Å². The van der Waals surface area contributed by atoms with Crippen molar-refractivity contribution in [3.8, 4) is 0 Å². The minimum atomic E-state index is -0.282. The van der Waals surface area contributed by atoms with E-state index in [1.54, 1.807) is 18.3 Å². The van der Waals surface area contributed by atoms with Gasteiger partial charge in [-0.15, -0.1) is 5.10 Å². The number of rotatable bonds is 6. The minimum absolute atomic E-state index is 0.262. The molecule has 0 aliphatic carbocycles. The first kappa shape index (κ1) is 14.1. The molecule has 0 unspecified atom stereocenters. The predicted molar refractivity (Wildman–Crippen MR) is 71.5 cm³/mol. The minimum Gasteiger partial charge on any atom is -0.350 e. The Morgan fingerprint density at radius 1 is 1.35 bits per heavy atom. The fourth-order valence-corrected chi connectivity index (χ4v) is 1.71. The van der Waals surface area contributed by atoms with Crippen LogP contribution in [0.3, 0.4) is 0 Å². The lowest BCUT2D eigenvalue weighted by Crippen LogP contribution is -2.26. The summed E-state index contributed by atoms with van der Waals surface area (Å²) < 4.78 is 14.3. The van der Waals surface area contributed by atoms with Crippen LogP contribution in [0.1, 0.15) is 16.1 Å². The lowest BCUT2D eigenvalue weighted by molar-refractivity contribution is 0.0949. The summed E-state index contributed by atoms with van der Waals surface area (Å²) in [6.45, 7) is 1.42. The van der Waals surface area contributed by atoms with Gasteiger partial charge < -0.3 is 11.1 Å². The van der Waals surface area contributed by atoms with Crippen LogP contribution in [0.5, 0.6) is 0 Å². The van der Waals surface area contributed by atoms with E-state index in [0.29, 0.717) is 26.1 Å². The number of nitrogens with two attached hydrogens (primary N) is 1. The summed E-state index contributed by atoms with van der Waals surface area (Å²) in [5, 5.41) is 10.3. The maximum Gasteiger partial charge on any atom is 0.273 e. The molecule has 2 rings (SSSR count). The number of carbonyl (C=O) groups is 1. The molecule has 1 amide bonds. The Balaban J connectivity index is 1.81. The second-order valence-electron chi connectivity index (χ2n) is 4.29. The Morgan fingerprint density at radius 2 is 2.10 bits per heavy atom. The summed E-state index contributed by atoms with van der Waals surface area (Å²) in [6, 6.07) is 6.18. The highest BCUT2D eigenvalue weighted by atomic mass is 19.1. The Bertz CT molecular complexity index is 566. The third kappa shape index (κ3) is 3.86. The number of hydrogen-bond acceptors (Lipinski definition) is 4. The van der Waals surface area contributed by atoms with Crippen LogP contribution in [0.25, 0.3) is 0 Å². The van der Waals surface area contributed by atoms with Crippen LogP contribution < -0.4 is 11.1 Å². The smallest absolute Gasteiger partial charge is 0.273 e. The van der Waals surface area contributed by atoms with Crippen LogP contribution in [0.4, 0.5) is 4.39 Å². The average Bonchev–Trinajstić information content (AvgIpc) is 2.90. The van der Waals surface area contributed by atoms with Crippen LogP contribution in [0, 0.1) is 5.82 Å². The molecule has 1 aromatic carbocycles. The fraction of sp³-hybridized carbons (Fsp3) is 0.308. The summed E-state index contributed by atoms with van der Waals surface area (Å²) in [4.78, 5) is 11.8. The highest BCUT2D eigenvalue weighted by Crippen LogP contribution is 2.03. The molecule has 0 spiro atoms. The summed E-state index contributed by atoms with van der Waals surface area (Å²) >= 11 is 0. The molecule has 0 fully saturated rings. The molecule has 20 heavy (non-hydrogen) atoms. The maximum absolute atomic E-state index is 12.7. The normalized spacial score (nSPS) is 10.5. The van der Waals surface area contributed by atoms with Crippen molar-refractivity contribution in [2.75, 3.05) is 13.1 Å². The summed E-state index contributed by atoms with van der Waals surface area (Å²) in [5.41, 5.74) is 6.60. The highest BCUT2D eigenvalue weighted by molar-refractivity contribution is 5.91. The number of benzene rings is 1. The van der Waals surface area contributed by atoms with Gasteiger partial charge in [0.15, 0.2) is 5.69 Å². The number of amides is 1. The molecular formula is C13H16FN5O. The molecule has 0 saturated heterocycles. The molecule has 0 radical (unpaired) electrons. The van der Waals surface area contributed by atoms with Crippen LogP contribution in [-0.4, -0.2) is 34.0 Å². The van der Waals surface area contributed by atoms with E-state index in [-0.39, 0.29) is 17.4 Å². The van der Waals surface area contributed by atoms with E-state index in [4.69, 9.17) is 5.73 Å². The zero-order chi connectivity index (χ0) is 14.4. The van der Waals surface area contributed by atoms with Gasteiger partial charge in [-0.1, -0.05) is 17.3 Å². The van der Waals surface area contributed by atoms with Gasteiger partial charge in [-0.25, -0.2) is 4.39 Å². The van der Waals surface area contributed by atoms with Crippen LogP contribution >= 0.6 is 0 Å². The first-order chi connectivity index (χ1) is 9.69. The number of nitrogens with zero attached hydrogens (tertiary/aromatic N) is 3. The van der Waals surface area contributed by atoms with Gasteiger partial charge in [0.05, 0.1) is 12.7 Å². The van der Waals surface area contributed by atoms with Crippen molar-refractivity contribution in [1.82, 2.24) is 20.3 Å². The third-order valence-corrected chi connectivity index (χ3v) is 2.74. The second kappa shape index (κ2) is 6.76. The van der Waals surface area contributed by atoms with Crippen molar-refractivity contribution < 1.29 is 9.18 Å². The van der Waals surface area contributed by atoms with Crippen LogP contribution in [-0.2, 0) is 13.0 Å². The number of halogens is 1. The molecular weight excluding hydrogens is 261 g/mol. The van der Waals surface area contributed by atoms with Gasteiger partial charge in [0.2, 0.25) is 0 Å². The van der Waals surface area contributed by atoms with E-state index < -0.39 is 0 Å². The maximum atomic E-state index is 12.7. The topological polar surface area (TPSA) is 85.8 Å². The van der Waals surface area contributed by atoms with Gasteiger partial charge in [-0.05, 0) is 24.1 Å². The van der Waals surface area contributed by atoms with E-state index in [1.807, 2.05) is 0 Å². The summed E-state index contributed by atoms with van der Waals surface area (Å²) in [6.07, 6.45) is 2.18. The molecule has 0 atom stereocenters. The Morgan fingerprint density at radius 3 is 2.80 bits per heavy atom. The lowest BCUT2D eigenvalue weighted by Gasteiger charge is -2.03. The first-order valence-corrected chi connectivity index (χ1v) is 6.32. The van der Waals surface area contributed by atoms with Crippen molar-refractivity contribution in [2.45, 2.75) is 13.0 Å². The molecule has 6 nitrogen and oxygen atoms in total.